The molecule has 0 aliphatic carbocycles. The molecular weight excluding hydrogens is 295 g/mol. The third-order valence-electron chi connectivity index (χ3n) is 2.28. The maximum Gasteiger partial charge on any atom is 0.274 e. The third kappa shape index (κ3) is 6.27. The topological polar surface area (TPSA) is 69.6 Å². The summed E-state index contributed by atoms with van der Waals surface area (Å²) in [5.41, 5.74) is 0.913. The van der Waals surface area contributed by atoms with Gasteiger partial charge in [0.1, 0.15) is 5.60 Å². The summed E-state index contributed by atoms with van der Waals surface area (Å²) < 4.78 is 0. The number of hydrogen-bond donors (Lipinski definition) is 3. The van der Waals surface area contributed by atoms with Crippen molar-refractivity contribution in [3.8, 4) is 0 Å². The molecular formula is C12H17NO3Y-2. The van der Waals surface area contributed by atoms with Crippen molar-refractivity contribution in [3.05, 3.63) is 43.3 Å². The summed E-state index contributed by atoms with van der Waals surface area (Å²) in [4.78, 5) is 11.0. The van der Waals surface area contributed by atoms with Crippen LogP contribution in [0, 0.1) is 13.5 Å². The average molecular weight is 312 g/mol. The van der Waals surface area contributed by atoms with Crippen molar-refractivity contribution in [2.75, 3.05) is 0 Å². The zero-order valence-corrected chi connectivity index (χ0v) is 12.9. The van der Waals surface area contributed by atoms with Gasteiger partial charge in [-0.25, -0.2) is 5.48 Å². The van der Waals surface area contributed by atoms with Crippen molar-refractivity contribution in [1.82, 2.24) is 5.48 Å². The molecule has 1 aromatic carbocycles. The Bertz CT molecular complexity index is 328. The minimum absolute atomic E-state index is 0. The minimum Gasteiger partial charge on any atom is -0.380 e. The Balaban J connectivity index is 0. The molecule has 3 N–H and O–H groups in total. The Labute approximate surface area is 127 Å². The van der Waals surface area contributed by atoms with E-state index in [1.54, 1.807) is 12.1 Å². The van der Waals surface area contributed by atoms with Crippen LogP contribution in [-0.2, 0) is 43.9 Å². The molecule has 93 valence electrons. The number of rotatable bonds is 4. The van der Waals surface area contributed by atoms with Crippen molar-refractivity contribution in [1.29, 1.82) is 0 Å². The van der Waals surface area contributed by atoms with Gasteiger partial charge in [-0.1, -0.05) is 0 Å². The van der Waals surface area contributed by atoms with Gasteiger partial charge >= 0.3 is 0 Å². The summed E-state index contributed by atoms with van der Waals surface area (Å²) in [5, 5.41) is 18.1. The molecule has 0 heterocycles. The molecule has 1 unspecified atom stereocenters. The van der Waals surface area contributed by atoms with Crippen molar-refractivity contribution in [2.45, 2.75) is 25.4 Å². The molecule has 0 aromatic heterocycles. The Hall–Kier alpha value is -0.286. The number of carbonyl (C=O) groups excluding carboxylic acids is 1. The number of benzene rings is 1. The van der Waals surface area contributed by atoms with Gasteiger partial charge in [-0.3, -0.25) is 10.0 Å². The molecule has 5 heteroatoms. The second-order valence-corrected chi connectivity index (χ2v) is 3.62. The SMILES string of the molecule is CC(O)(CCc1cc[c-]cc1)C(=O)NO.[CH3-].[Y]. The summed E-state index contributed by atoms with van der Waals surface area (Å²) in [6.07, 6.45) is 0.818. The standard InChI is InChI=1S/C11H14NO3.CH3.Y/c1-11(14,10(13)12-15)8-7-9-5-3-2-4-6-9;;/h3-6,14-15H,7-8H2,1H3,(H,12,13);1H3;/q2*-1;. The minimum atomic E-state index is -1.55. The van der Waals surface area contributed by atoms with E-state index in [0.29, 0.717) is 6.42 Å². The number of carbonyl (C=O) groups is 1. The van der Waals surface area contributed by atoms with Gasteiger partial charge in [-0.05, 0) is 19.8 Å². The van der Waals surface area contributed by atoms with Gasteiger partial charge in [0.2, 0.25) is 0 Å². The molecule has 4 nitrogen and oxygen atoms in total. The molecule has 17 heavy (non-hydrogen) atoms. The van der Waals surface area contributed by atoms with Crippen LogP contribution in [0.3, 0.4) is 0 Å². The number of hydrogen-bond acceptors (Lipinski definition) is 3. The molecule has 0 bridgehead atoms. The summed E-state index contributed by atoms with van der Waals surface area (Å²) in [6, 6.07) is 10.2. The normalized spacial score (nSPS) is 12.6. The number of aryl methyl sites for hydroxylation is 1. The maximum atomic E-state index is 11.0. The van der Waals surface area contributed by atoms with Gasteiger partial charge in [0.25, 0.3) is 5.91 Å². The predicted molar refractivity (Wildman–Crippen MR) is 60.6 cm³/mol. The molecule has 1 aromatic rings. The second kappa shape index (κ2) is 8.75. The third-order valence-corrected chi connectivity index (χ3v) is 2.28. The first-order chi connectivity index (χ1) is 7.06. The second-order valence-electron chi connectivity index (χ2n) is 3.62. The molecule has 0 aliphatic rings. The molecule has 1 rings (SSSR count). The summed E-state index contributed by atoms with van der Waals surface area (Å²) >= 11 is 0. The Kier molecular flexibility index (Phi) is 9.82. The number of amides is 1. The van der Waals surface area contributed by atoms with E-state index < -0.39 is 11.5 Å². The number of aliphatic hydroxyl groups is 1. The molecule has 0 saturated carbocycles. The predicted octanol–water partition coefficient (Wildman–Crippen LogP) is 1.12. The summed E-state index contributed by atoms with van der Waals surface area (Å²) in [6.45, 7) is 1.37. The van der Waals surface area contributed by atoms with E-state index in [1.807, 2.05) is 12.1 Å². The van der Waals surface area contributed by atoms with Crippen LogP contribution in [0.4, 0.5) is 0 Å². The van der Waals surface area contributed by atoms with Crippen molar-refractivity contribution in [2.24, 2.45) is 0 Å². The van der Waals surface area contributed by atoms with E-state index in [0.717, 1.165) is 5.56 Å². The van der Waals surface area contributed by atoms with Gasteiger partial charge in [0.05, 0.1) is 0 Å². The van der Waals surface area contributed by atoms with E-state index in [1.165, 1.54) is 12.4 Å². The largest absolute Gasteiger partial charge is 0.380 e. The average Bonchev–Trinajstić information content (AvgIpc) is 2.27. The maximum absolute atomic E-state index is 11.0. The van der Waals surface area contributed by atoms with E-state index in [9.17, 15) is 9.90 Å². The van der Waals surface area contributed by atoms with Gasteiger partial charge in [0, 0.05) is 32.7 Å². The van der Waals surface area contributed by atoms with Crippen LogP contribution in [0.2, 0.25) is 0 Å². The quantitative estimate of drug-likeness (QED) is 0.443. The molecule has 0 aliphatic heterocycles. The van der Waals surface area contributed by atoms with Crippen LogP contribution in [0.25, 0.3) is 0 Å². The van der Waals surface area contributed by atoms with E-state index in [4.69, 9.17) is 5.21 Å². The van der Waals surface area contributed by atoms with Crippen molar-refractivity contribution in [3.63, 3.8) is 0 Å². The molecule has 0 spiro atoms. The van der Waals surface area contributed by atoms with E-state index >= 15 is 0 Å². The number of hydroxylamine groups is 1. The fraction of sp³-hybridized carbons (Fsp3) is 0.333. The first-order valence-corrected chi connectivity index (χ1v) is 4.68. The van der Waals surface area contributed by atoms with Crippen molar-refractivity contribution < 1.29 is 47.8 Å². The monoisotopic (exact) mass is 312 g/mol. The van der Waals surface area contributed by atoms with Gasteiger partial charge in [0.15, 0.2) is 0 Å². The van der Waals surface area contributed by atoms with Crippen LogP contribution in [-0.4, -0.2) is 21.8 Å². The molecule has 0 saturated heterocycles. The molecule has 1 atom stereocenters. The Morgan fingerprint density at radius 1 is 1.47 bits per heavy atom. The first kappa shape index (κ1) is 19.1. The van der Waals surface area contributed by atoms with E-state index in [2.05, 4.69) is 6.07 Å². The van der Waals surface area contributed by atoms with Crippen LogP contribution in [0.15, 0.2) is 24.3 Å². The zero-order chi connectivity index (χ0) is 11.3. The van der Waals surface area contributed by atoms with E-state index in [-0.39, 0.29) is 46.6 Å². The van der Waals surface area contributed by atoms with Crippen LogP contribution in [0.5, 0.6) is 0 Å². The van der Waals surface area contributed by atoms with Crippen LogP contribution >= 0.6 is 0 Å². The fourth-order valence-electron chi connectivity index (χ4n) is 1.21. The number of nitrogens with one attached hydrogen (secondary N) is 1. The molecule has 0 fully saturated rings. The molecule has 1 amide bonds. The van der Waals surface area contributed by atoms with Gasteiger partial charge in [-0.2, -0.15) is 35.9 Å². The van der Waals surface area contributed by atoms with Crippen molar-refractivity contribution >= 4 is 5.91 Å². The Morgan fingerprint density at radius 2 is 2.00 bits per heavy atom. The van der Waals surface area contributed by atoms with Gasteiger partial charge in [-0.15, -0.1) is 0 Å². The smallest absolute Gasteiger partial charge is 0.274 e. The summed E-state index contributed by atoms with van der Waals surface area (Å²) in [7, 11) is 0. The van der Waals surface area contributed by atoms with Crippen LogP contribution < -0.4 is 5.48 Å². The zero-order valence-electron chi connectivity index (χ0n) is 10.1. The van der Waals surface area contributed by atoms with Gasteiger partial charge < -0.3 is 12.5 Å². The summed E-state index contributed by atoms with van der Waals surface area (Å²) in [5.74, 6) is -0.787. The van der Waals surface area contributed by atoms with Crippen LogP contribution in [0.1, 0.15) is 18.9 Å². The fourth-order valence-corrected chi connectivity index (χ4v) is 1.21. The molecule has 1 radical (unpaired) electrons. The first-order valence-electron chi connectivity index (χ1n) is 4.68. The Morgan fingerprint density at radius 3 is 2.47 bits per heavy atom.